The lowest BCUT2D eigenvalue weighted by Crippen LogP contribution is -2.04. The Hall–Kier alpha value is -1.09. The highest BCUT2D eigenvalue weighted by Gasteiger charge is 2.66. The van der Waals surface area contributed by atoms with E-state index in [1.807, 2.05) is 0 Å². The summed E-state index contributed by atoms with van der Waals surface area (Å²) < 4.78 is 3.35. The van der Waals surface area contributed by atoms with Crippen molar-refractivity contribution in [3.8, 4) is 0 Å². The van der Waals surface area contributed by atoms with E-state index in [1.165, 1.54) is 30.3 Å². The van der Waals surface area contributed by atoms with E-state index in [1.54, 1.807) is 0 Å². The minimum Gasteiger partial charge on any atom is -0.331 e. The number of rotatable bonds is 1. The van der Waals surface area contributed by atoms with E-state index in [4.69, 9.17) is 12.2 Å². The van der Waals surface area contributed by atoms with Crippen LogP contribution in [0, 0.1) is 28.4 Å². The highest BCUT2D eigenvalue weighted by atomic mass is 32.1. The molecule has 3 heteroatoms. The lowest BCUT2D eigenvalue weighted by atomic mass is 10.0. The van der Waals surface area contributed by atoms with Crippen molar-refractivity contribution in [1.82, 2.24) is 9.55 Å². The van der Waals surface area contributed by atoms with Crippen LogP contribution in [0.1, 0.15) is 25.3 Å². The zero-order valence-electron chi connectivity index (χ0n) is 10.2. The maximum atomic E-state index is 5.55. The second-order valence-corrected chi connectivity index (χ2v) is 6.68. The van der Waals surface area contributed by atoms with Crippen molar-refractivity contribution in [3.63, 3.8) is 0 Å². The molecule has 0 spiro atoms. The van der Waals surface area contributed by atoms with E-state index in [9.17, 15) is 0 Å². The SMILES string of the molecule is S=c1[nH]c2ccccc2n1C1C2C3CCC(C3)C21. The second-order valence-electron chi connectivity index (χ2n) is 6.30. The molecule has 1 aromatic heterocycles. The predicted molar refractivity (Wildman–Crippen MR) is 74.0 cm³/mol. The van der Waals surface area contributed by atoms with E-state index in [0.29, 0.717) is 6.04 Å². The predicted octanol–water partition coefficient (Wildman–Crippen LogP) is 3.92. The summed E-state index contributed by atoms with van der Waals surface area (Å²) in [6.07, 6.45) is 4.44. The fourth-order valence-electron chi connectivity index (χ4n) is 4.99. The molecule has 1 N–H and O–H groups in total. The van der Waals surface area contributed by atoms with Gasteiger partial charge < -0.3 is 9.55 Å². The third-order valence-corrected chi connectivity index (χ3v) is 5.92. The third kappa shape index (κ3) is 1.03. The van der Waals surface area contributed by atoms with Crippen LogP contribution in [0.25, 0.3) is 11.0 Å². The molecule has 1 aromatic carbocycles. The Balaban J connectivity index is 1.68. The number of hydrogen-bond donors (Lipinski definition) is 1. The number of nitrogens with zero attached hydrogens (tertiary/aromatic N) is 1. The summed E-state index contributed by atoms with van der Waals surface area (Å²) in [5.41, 5.74) is 2.50. The zero-order valence-corrected chi connectivity index (χ0v) is 11.0. The summed E-state index contributed by atoms with van der Waals surface area (Å²) in [6, 6.07) is 9.25. The van der Waals surface area contributed by atoms with Crippen LogP contribution in [0.2, 0.25) is 0 Å². The molecule has 3 aliphatic carbocycles. The van der Waals surface area contributed by atoms with Gasteiger partial charge in [0.2, 0.25) is 0 Å². The number of aromatic nitrogens is 2. The van der Waals surface area contributed by atoms with Crippen LogP contribution in [-0.4, -0.2) is 9.55 Å². The summed E-state index contributed by atoms with van der Waals surface area (Å²) in [5, 5.41) is 0. The Morgan fingerprint density at radius 1 is 1.11 bits per heavy atom. The highest BCUT2D eigenvalue weighted by Crippen LogP contribution is 2.71. The monoisotopic (exact) mass is 256 g/mol. The van der Waals surface area contributed by atoms with Gasteiger partial charge in [0.05, 0.1) is 11.0 Å². The molecule has 92 valence electrons. The molecule has 3 saturated carbocycles. The summed E-state index contributed by atoms with van der Waals surface area (Å²) in [7, 11) is 0. The van der Waals surface area contributed by atoms with Crippen molar-refractivity contribution in [3.05, 3.63) is 29.0 Å². The number of hydrogen-bond acceptors (Lipinski definition) is 1. The standard InChI is InChI=1S/C15H16N2S/c18-15-16-10-3-1-2-4-11(10)17(15)14-12-8-5-6-9(7-8)13(12)14/h1-4,8-9,12-14H,5-7H2,(H,16,18). The molecule has 2 bridgehead atoms. The van der Waals surface area contributed by atoms with Crippen LogP contribution in [0.3, 0.4) is 0 Å². The minimum absolute atomic E-state index is 0.708. The first-order valence-electron chi connectivity index (χ1n) is 7.04. The van der Waals surface area contributed by atoms with Crippen LogP contribution in [0.4, 0.5) is 0 Å². The molecule has 2 nitrogen and oxygen atoms in total. The third-order valence-electron chi connectivity index (χ3n) is 5.62. The summed E-state index contributed by atoms with van der Waals surface area (Å²) in [6.45, 7) is 0. The van der Waals surface area contributed by atoms with Gasteiger partial charge in [-0.2, -0.15) is 0 Å². The number of para-hydroxylation sites is 2. The van der Waals surface area contributed by atoms with Crippen molar-refractivity contribution in [1.29, 1.82) is 0 Å². The van der Waals surface area contributed by atoms with Crippen molar-refractivity contribution in [2.75, 3.05) is 0 Å². The van der Waals surface area contributed by atoms with Gasteiger partial charge in [0, 0.05) is 6.04 Å². The number of imidazole rings is 1. The van der Waals surface area contributed by atoms with E-state index >= 15 is 0 Å². The van der Waals surface area contributed by atoms with E-state index in [0.717, 1.165) is 28.4 Å². The molecular formula is C15H16N2S. The molecule has 0 radical (unpaired) electrons. The quantitative estimate of drug-likeness (QED) is 0.767. The van der Waals surface area contributed by atoms with Gasteiger partial charge in [0.25, 0.3) is 0 Å². The van der Waals surface area contributed by atoms with E-state index in [-0.39, 0.29) is 0 Å². The van der Waals surface area contributed by atoms with Crippen molar-refractivity contribution in [2.45, 2.75) is 25.3 Å². The van der Waals surface area contributed by atoms with Gasteiger partial charge in [0.15, 0.2) is 4.77 Å². The smallest absolute Gasteiger partial charge is 0.178 e. The number of aromatic amines is 1. The minimum atomic E-state index is 0.708. The first kappa shape index (κ1) is 9.79. The van der Waals surface area contributed by atoms with Crippen molar-refractivity contribution in [2.24, 2.45) is 23.7 Å². The normalized spacial score (nSPS) is 40.3. The molecule has 1 heterocycles. The average molecular weight is 256 g/mol. The molecule has 0 aliphatic heterocycles. The van der Waals surface area contributed by atoms with Crippen molar-refractivity contribution < 1.29 is 0 Å². The topological polar surface area (TPSA) is 20.7 Å². The van der Waals surface area contributed by atoms with Crippen LogP contribution >= 0.6 is 12.2 Å². The van der Waals surface area contributed by atoms with Crippen LogP contribution < -0.4 is 0 Å². The largest absolute Gasteiger partial charge is 0.331 e. The summed E-state index contributed by atoms with van der Waals surface area (Å²) in [4.78, 5) is 3.37. The first-order valence-corrected chi connectivity index (χ1v) is 7.44. The number of benzene rings is 1. The molecule has 3 fully saturated rings. The lowest BCUT2D eigenvalue weighted by Gasteiger charge is -2.10. The molecule has 4 atom stereocenters. The highest BCUT2D eigenvalue weighted by molar-refractivity contribution is 7.71. The lowest BCUT2D eigenvalue weighted by molar-refractivity contribution is 0.456. The van der Waals surface area contributed by atoms with Gasteiger partial charge in [0.1, 0.15) is 0 Å². The Kier molecular flexibility index (Phi) is 1.67. The molecule has 4 unspecified atom stereocenters. The molecular weight excluding hydrogens is 240 g/mol. The van der Waals surface area contributed by atoms with Gasteiger partial charge in [-0.15, -0.1) is 0 Å². The zero-order chi connectivity index (χ0) is 11.9. The Morgan fingerprint density at radius 3 is 2.61 bits per heavy atom. The fourth-order valence-corrected chi connectivity index (χ4v) is 5.32. The van der Waals surface area contributed by atoms with Crippen LogP contribution in [-0.2, 0) is 0 Å². The average Bonchev–Trinajstić information content (AvgIpc) is 2.75. The van der Waals surface area contributed by atoms with Gasteiger partial charge in [-0.3, -0.25) is 0 Å². The fraction of sp³-hybridized carbons (Fsp3) is 0.533. The maximum Gasteiger partial charge on any atom is 0.178 e. The Morgan fingerprint density at radius 2 is 1.83 bits per heavy atom. The summed E-state index contributed by atoms with van der Waals surface area (Å²) >= 11 is 5.55. The second kappa shape index (κ2) is 3.08. The molecule has 5 rings (SSSR count). The summed E-state index contributed by atoms with van der Waals surface area (Å²) in [5.74, 6) is 3.88. The Labute approximate surface area is 111 Å². The van der Waals surface area contributed by atoms with E-state index in [2.05, 4.69) is 33.8 Å². The molecule has 3 aliphatic rings. The number of H-pyrrole nitrogens is 1. The van der Waals surface area contributed by atoms with Gasteiger partial charge in [-0.25, -0.2) is 0 Å². The first-order chi connectivity index (χ1) is 8.84. The molecule has 18 heavy (non-hydrogen) atoms. The van der Waals surface area contributed by atoms with Crippen LogP contribution in [0.15, 0.2) is 24.3 Å². The van der Waals surface area contributed by atoms with Gasteiger partial charge >= 0.3 is 0 Å². The van der Waals surface area contributed by atoms with Crippen molar-refractivity contribution >= 4 is 23.3 Å². The van der Waals surface area contributed by atoms with Gasteiger partial charge in [-0.05, 0) is 67.3 Å². The Bertz CT molecular complexity index is 682. The molecule has 0 amide bonds. The van der Waals surface area contributed by atoms with E-state index < -0.39 is 0 Å². The number of nitrogens with one attached hydrogen (secondary N) is 1. The molecule has 2 aromatic rings. The number of fused-ring (bicyclic) bond motifs is 6. The van der Waals surface area contributed by atoms with Crippen LogP contribution in [0.5, 0.6) is 0 Å². The van der Waals surface area contributed by atoms with Gasteiger partial charge in [-0.1, -0.05) is 12.1 Å². The maximum absolute atomic E-state index is 5.55. The molecule has 0 saturated heterocycles.